The number of aliphatic hydroxyl groups is 1. The molecule has 0 aliphatic carbocycles. The lowest BCUT2D eigenvalue weighted by Gasteiger charge is -2.16. The minimum Gasteiger partial charge on any atom is -0.396 e. The first-order chi connectivity index (χ1) is 7.15. The summed E-state index contributed by atoms with van der Waals surface area (Å²) in [4.78, 5) is 13.2. The molecule has 0 spiro atoms. The zero-order valence-electron chi connectivity index (χ0n) is 9.40. The van der Waals surface area contributed by atoms with Gasteiger partial charge in [-0.15, -0.1) is 0 Å². The van der Waals surface area contributed by atoms with Crippen molar-refractivity contribution >= 4 is 5.91 Å². The molecular weight excluding hydrogens is 196 g/mol. The Hall–Kier alpha value is -0.650. The van der Waals surface area contributed by atoms with Gasteiger partial charge in [-0.25, -0.2) is 0 Å². The fourth-order valence-electron chi connectivity index (χ4n) is 1.64. The summed E-state index contributed by atoms with van der Waals surface area (Å²) < 4.78 is 5.51. The molecule has 1 heterocycles. The third kappa shape index (κ3) is 3.77. The third-order valence-electron chi connectivity index (χ3n) is 2.49. The van der Waals surface area contributed by atoms with E-state index in [4.69, 9.17) is 9.84 Å². The summed E-state index contributed by atoms with van der Waals surface area (Å²) in [6.45, 7) is 1.43. The van der Waals surface area contributed by atoms with Gasteiger partial charge in [0.2, 0.25) is 5.91 Å². The number of aliphatic hydroxyl groups excluding tert-OH is 1. The van der Waals surface area contributed by atoms with Crippen LogP contribution in [0.2, 0.25) is 0 Å². The average molecular weight is 216 g/mol. The molecular formula is C10H20N2O3. The number of hydrogen-bond acceptors (Lipinski definition) is 4. The summed E-state index contributed by atoms with van der Waals surface area (Å²) in [6, 6.07) is -0.112. The van der Waals surface area contributed by atoms with Crippen molar-refractivity contribution in [1.82, 2.24) is 10.2 Å². The summed E-state index contributed by atoms with van der Waals surface area (Å²) in [5.41, 5.74) is 0. The standard InChI is InChI=1S/C10H20N2O3/c1-12(2)10(14)9-6-8(7-11-9)15-5-3-4-13/h8-9,11,13H,3-7H2,1-2H3/t8-,9+/m1/s1. The van der Waals surface area contributed by atoms with Crippen LogP contribution in [0.3, 0.4) is 0 Å². The van der Waals surface area contributed by atoms with Gasteiger partial charge in [0.25, 0.3) is 0 Å². The van der Waals surface area contributed by atoms with Crippen molar-refractivity contribution in [2.24, 2.45) is 0 Å². The summed E-state index contributed by atoms with van der Waals surface area (Å²) >= 11 is 0. The van der Waals surface area contributed by atoms with Crippen LogP contribution >= 0.6 is 0 Å². The Morgan fingerprint density at radius 2 is 2.33 bits per heavy atom. The van der Waals surface area contributed by atoms with Crippen molar-refractivity contribution < 1.29 is 14.6 Å². The van der Waals surface area contributed by atoms with E-state index >= 15 is 0 Å². The highest BCUT2D eigenvalue weighted by atomic mass is 16.5. The van der Waals surface area contributed by atoms with Gasteiger partial charge in [-0.2, -0.15) is 0 Å². The summed E-state index contributed by atoms with van der Waals surface area (Å²) in [5, 5.41) is 11.7. The number of rotatable bonds is 5. The maximum atomic E-state index is 11.6. The monoisotopic (exact) mass is 216 g/mol. The van der Waals surface area contributed by atoms with E-state index in [9.17, 15) is 4.79 Å². The number of carbonyl (C=O) groups excluding carboxylic acids is 1. The highest BCUT2D eigenvalue weighted by Crippen LogP contribution is 2.12. The highest BCUT2D eigenvalue weighted by molar-refractivity contribution is 5.81. The number of nitrogens with one attached hydrogen (secondary N) is 1. The molecule has 0 aromatic heterocycles. The molecule has 0 radical (unpaired) electrons. The topological polar surface area (TPSA) is 61.8 Å². The maximum absolute atomic E-state index is 11.6. The predicted molar refractivity (Wildman–Crippen MR) is 56.5 cm³/mol. The Morgan fingerprint density at radius 1 is 1.60 bits per heavy atom. The Kier molecular flexibility index (Phi) is 5.01. The van der Waals surface area contributed by atoms with Gasteiger partial charge in [0, 0.05) is 33.9 Å². The minimum absolute atomic E-state index is 0.100. The maximum Gasteiger partial charge on any atom is 0.239 e. The lowest BCUT2D eigenvalue weighted by atomic mass is 10.2. The third-order valence-corrected chi connectivity index (χ3v) is 2.49. The fraction of sp³-hybridized carbons (Fsp3) is 0.900. The van der Waals surface area contributed by atoms with Gasteiger partial charge in [-0.05, 0) is 12.8 Å². The largest absolute Gasteiger partial charge is 0.396 e. The molecule has 1 rings (SSSR count). The van der Waals surface area contributed by atoms with E-state index in [2.05, 4.69) is 5.32 Å². The van der Waals surface area contributed by atoms with E-state index in [1.54, 1.807) is 19.0 Å². The second kappa shape index (κ2) is 6.05. The number of ether oxygens (including phenoxy) is 1. The average Bonchev–Trinajstić information content (AvgIpc) is 2.65. The van der Waals surface area contributed by atoms with E-state index < -0.39 is 0 Å². The molecule has 1 aliphatic rings. The van der Waals surface area contributed by atoms with Crippen molar-refractivity contribution in [3.8, 4) is 0 Å². The lowest BCUT2D eigenvalue weighted by molar-refractivity contribution is -0.130. The molecule has 1 aliphatic heterocycles. The second-order valence-electron chi connectivity index (χ2n) is 4.00. The molecule has 5 heteroatoms. The molecule has 0 bridgehead atoms. The van der Waals surface area contributed by atoms with Crippen molar-refractivity contribution in [3.05, 3.63) is 0 Å². The van der Waals surface area contributed by atoms with Crippen LogP contribution in [0.1, 0.15) is 12.8 Å². The Bertz CT molecular complexity index is 209. The van der Waals surface area contributed by atoms with Gasteiger partial charge in [0.15, 0.2) is 0 Å². The van der Waals surface area contributed by atoms with Crippen molar-refractivity contribution in [3.63, 3.8) is 0 Å². The molecule has 0 unspecified atom stereocenters. The van der Waals surface area contributed by atoms with E-state index in [1.165, 1.54) is 0 Å². The van der Waals surface area contributed by atoms with Crippen LogP contribution in [0.5, 0.6) is 0 Å². The molecule has 1 saturated heterocycles. The first-order valence-corrected chi connectivity index (χ1v) is 5.32. The van der Waals surface area contributed by atoms with Crippen LogP contribution in [-0.2, 0) is 9.53 Å². The molecule has 0 aromatic carbocycles. The second-order valence-corrected chi connectivity index (χ2v) is 4.00. The van der Waals surface area contributed by atoms with Gasteiger partial charge in [-0.1, -0.05) is 0 Å². The van der Waals surface area contributed by atoms with Crippen LogP contribution in [0, 0.1) is 0 Å². The van der Waals surface area contributed by atoms with Crippen molar-refractivity contribution in [2.75, 3.05) is 33.9 Å². The zero-order valence-corrected chi connectivity index (χ0v) is 9.40. The molecule has 0 aromatic rings. The van der Waals surface area contributed by atoms with Gasteiger partial charge >= 0.3 is 0 Å². The van der Waals surface area contributed by atoms with Gasteiger partial charge in [0.05, 0.1) is 12.1 Å². The number of nitrogens with zero attached hydrogens (tertiary/aromatic N) is 1. The molecule has 2 atom stereocenters. The van der Waals surface area contributed by atoms with E-state index in [-0.39, 0.29) is 24.7 Å². The normalized spacial score (nSPS) is 25.5. The van der Waals surface area contributed by atoms with E-state index in [1.807, 2.05) is 0 Å². The van der Waals surface area contributed by atoms with Gasteiger partial charge in [-0.3, -0.25) is 4.79 Å². The Morgan fingerprint density at radius 3 is 2.93 bits per heavy atom. The van der Waals surface area contributed by atoms with E-state index in [0.717, 1.165) is 13.0 Å². The van der Waals surface area contributed by atoms with Crippen LogP contribution in [0.25, 0.3) is 0 Å². The van der Waals surface area contributed by atoms with E-state index in [0.29, 0.717) is 13.0 Å². The zero-order chi connectivity index (χ0) is 11.3. The number of hydrogen-bond donors (Lipinski definition) is 2. The summed E-state index contributed by atoms with van der Waals surface area (Å²) in [7, 11) is 3.51. The SMILES string of the molecule is CN(C)C(=O)[C@@H]1C[C@@H](OCCCO)CN1. The van der Waals surface area contributed by atoms with Crippen LogP contribution < -0.4 is 5.32 Å². The Labute approximate surface area is 90.4 Å². The molecule has 15 heavy (non-hydrogen) atoms. The molecule has 5 nitrogen and oxygen atoms in total. The lowest BCUT2D eigenvalue weighted by Crippen LogP contribution is -2.39. The van der Waals surface area contributed by atoms with Crippen molar-refractivity contribution in [1.29, 1.82) is 0 Å². The quantitative estimate of drug-likeness (QED) is 0.591. The van der Waals surface area contributed by atoms with Crippen LogP contribution in [0.15, 0.2) is 0 Å². The molecule has 88 valence electrons. The number of likely N-dealkylation sites (N-methyl/N-ethyl adjacent to an activating group) is 1. The Balaban J connectivity index is 2.23. The smallest absolute Gasteiger partial charge is 0.239 e. The summed E-state index contributed by atoms with van der Waals surface area (Å²) in [5.74, 6) is 0.100. The van der Waals surface area contributed by atoms with Crippen molar-refractivity contribution in [2.45, 2.75) is 25.0 Å². The molecule has 1 fully saturated rings. The molecule has 0 saturated carbocycles. The number of amides is 1. The molecule has 2 N–H and O–H groups in total. The highest BCUT2D eigenvalue weighted by Gasteiger charge is 2.30. The predicted octanol–water partition coefficient (Wildman–Crippen LogP) is -0.796. The van der Waals surface area contributed by atoms with Gasteiger partial charge in [0.1, 0.15) is 0 Å². The first-order valence-electron chi connectivity index (χ1n) is 5.32. The van der Waals surface area contributed by atoms with Crippen LogP contribution in [0.4, 0.5) is 0 Å². The fourth-order valence-corrected chi connectivity index (χ4v) is 1.64. The number of carbonyl (C=O) groups is 1. The first kappa shape index (κ1) is 12.4. The molecule has 1 amide bonds. The van der Waals surface area contributed by atoms with Gasteiger partial charge < -0.3 is 20.1 Å². The van der Waals surface area contributed by atoms with Crippen LogP contribution in [-0.4, -0.2) is 61.9 Å². The minimum atomic E-state index is -0.112. The summed E-state index contributed by atoms with van der Waals surface area (Å²) in [6.07, 6.45) is 1.48.